The van der Waals surface area contributed by atoms with Crippen molar-refractivity contribution in [2.45, 2.75) is 68.1 Å². The van der Waals surface area contributed by atoms with Crippen LogP contribution in [0.5, 0.6) is 11.5 Å². The number of ketones is 1. The zero-order valence-electron chi connectivity index (χ0n) is 26.9. The second-order valence-electron chi connectivity index (χ2n) is 9.76. The number of carbonyl (C=O) groups excluding carboxylic acids is 1. The first-order valence-electron chi connectivity index (χ1n) is 14.2. The van der Waals surface area contributed by atoms with E-state index in [1.54, 1.807) is 19.9 Å². The minimum Gasteiger partial charge on any atom is -0.454 e. The lowest BCUT2D eigenvalue weighted by molar-refractivity contribution is -0.113. The van der Waals surface area contributed by atoms with Crippen LogP contribution in [0.15, 0.2) is 65.9 Å². The quantitative estimate of drug-likeness (QED) is 0.113. The van der Waals surface area contributed by atoms with Crippen LogP contribution in [0.1, 0.15) is 69.4 Å². The summed E-state index contributed by atoms with van der Waals surface area (Å²) in [6, 6.07) is 8.12. The molecule has 0 spiro atoms. The molecule has 0 radical (unpaired) electrons. The topological polar surface area (TPSA) is 127 Å². The van der Waals surface area contributed by atoms with Crippen LogP contribution in [0.4, 0.5) is 5.69 Å². The predicted octanol–water partition coefficient (Wildman–Crippen LogP) is 7.20. The molecule has 0 atom stereocenters. The van der Waals surface area contributed by atoms with Crippen molar-refractivity contribution in [2.24, 2.45) is 5.73 Å². The summed E-state index contributed by atoms with van der Waals surface area (Å²) in [5.41, 5.74) is 20.4. The summed E-state index contributed by atoms with van der Waals surface area (Å²) in [4.78, 5) is 13.2. The smallest absolute Gasteiger partial charge is 0.231 e. The second-order valence-corrected chi connectivity index (χ2v) is 10.2. The highest BCUT2D eigenvalue weighted by atomic mass is 35.5. The van der Waals surface area contributed by atoms with Crippen molar-refractivity contribution < 1.29 is 14.3 Å². The van der Waals surface area contributed by atoms with Crippen LogP contribution in [0.2, 0.25) is 0 Å². The summed E-state index contributed by atoms with van der Waals surface area (Å²) in [5, 5.41) is 10.7. The molecule has 0 saturated carbocycles. The van der Waals surface area contributed by atoms with Gasteiger partial charge in [-0.25, -0.2) is 0 Å². The van der Waals surface area contributed by atoms with E-state index in [2.05, 4.69) is 29.4 Å². The lowest BCUT2D eigenvalue weighted by Gasteiger charge is -2.16. The summed E-state index contributed by atoms with van der Waals surface area (Å²) in [6.07, 6.45) is 3.18. The highest BCUT2D eigenvalue weighted by molar-refractivity contribution is 6.32. The van der Waals surface area contributed by atoms with E-state index in [0.717, 1.165) is 58.4 Å². The van der Waals surface area contributed by atoms with E-state index in [9.17, 15) is 4.79 Å². The maximum atomic E-state index is 10.9. The van der Waals surface area contributed by atoms with E-state index in [4.69, 9.17) is 38.0 Å². The number of Topliss-reactive ketones (excluding diaryl/α,β-unsaturated/α-hetero) is 1. The number of nitrogen functional groups attached to an aromatic ring is 1. The van der Waals surface area contributed by atoms with Crippen LogP contribution in [0, 0.1) is 12.3 Å². The molecule has 43 heavy (non-hydrogen) atoms. The Labute approximate surface area is 262 Å². The maximum absolute atomic E-state index is 10.9. The van der Waals surface area contributed by atoms with Crippen molar-refractivity contribution in [1.29, 1.82) is 5.41 Å². The van der Waals surface area contributed by atoms with Crippen LogP contribution in [0.3, 0.4) is 0 Å². The van der Waals surface area contributed by atoms with Gasteiger partial charge in [0.2, 0.25) is 6.79 Å². The average molecular weight is 610 g/mol. The summed E-state index contributed by atoms with van der Waals surface area (Å²) < 4.78 is 10.8. The number of halogens is 1. The van der Waals surface area contributed by atoms with E-state index >= 15 is 0 Å². The number of allylic oxidation sites excluding steroid dienone is 5. The Morgan fingerprint density at radius 2 is 1.81 bits per heavy atom. The molecule has 0 fully saturated rings. The number of aryl methyl sites for hydroxylation is 1. The minimum absolute atomic E-state index is 0.137. The Kier molecular flexibility index (Phi) is 15.4. The summed E-state index contributed by atoms with van der Waals surface area (Å²) in [7, 11) is 1.83. The molecule has 0 aromatic heterocycles. The lowest BCUT2D eigenvalue weighted by atomic mass is 10.0. The van der Waals surface area contributed by atoms with Crippen LogP contribution >= 0.6 is 11.6 Å². The molecule has 8 nitrogen and oxygen atoms in total. The van der Waals surface area contributed by atoms with Gasteiger partial charge in [-0.15, -0.1) is 0 Å². The Morgan fingerprint density at radius 1 is 1.16 bits per heavy atom. The molecule has 0 bridgehead atoms. The van der Waals surface area contributed by atoms with Gasteiger partial charge in [-0.2, -0.15) is 0 Å². The number of nitrogens with one attached hydrogen (secondary N) is 2. The van der Waals surface area contributed by atoms with Gasteiger partial charge >= 0.3 is 0 Å². The number of hydrogen-bond acceptors (Lipinski definition) is 8. The molecule has 4 rings (SSSR count). The summed E-state index contributed by atoms with van der Waals surface area (Å²) in [6.45, 7) is 23.3. The van der Waals surface area contributed by atoms with E-state index in [1.807, 2.05) is 52.9 Å². The van der Waals surface area contributed by atoms with Gasteiger partial charge in [-0.3, -0.25) is 4.79 Å². The van der Waals surface area contributed by atoms with Gasteiger partial charge < -0.3 is 36.6 Å². The molecule has 2 aliphatic heterocycles. The van der Waals surface area contributed by atoms with Gasteiger partial charge in [-0.05, 0) is 69.5 Å². The maximum Gasteiger partial charge on any atom is 0.231 e. The fourth-order valence-electron chi connectivity index (χ4n) is 4.24. The number of anilines is 1. The molecule has 0 aliphatic carbocycles. The first-order chi connectivity index (χ1) is 20.3. The molecule has 234 valence electrons. The predicted molar refractivity (Wildman–Crippen MR) is 181 cm³/mol. The standard InChI is InChI=1S/C12H13NO2.C11H17N3.C9H12ClNO.C2H6/c1-8(2)13-5-9-3-4-11-12(10(9)6-13)15-7-14-11;1-7-4-9(6-12)11(13)10(5-7)8(2)14-3;1-4-8(10)5-9(6(2)11)7(3)12;1-2/h3-4H,1,5-7H2,2H3;4-5,14H,2,6,12-13H2,1,3H3;4-5,11H,1-3H3;1-2H3/b;;8-4+,9-5+,11-6?;. The fourth-order valence-corrected chi connectivity index (χ4v) is 4.34. The third-order valence-corrected chi connectivity index (χ3v) is 6.91. The normalized spacial score (nSPS) is 12.8. The Balaban J connectivity index is 0.000000316. The molecule has 2 aromatic rings. The van der Waals surface area contributed by atoms with Crippen LogP contribution in [-0.2, 0) is 24.4 Å². The van der Waals surface area contributed by atoms with Crippen molar-refractivity contribution >= 4 is 34.5 Å². The number of nitrogens with two attached hydrogens (primary N) is 2. The molecule has 2 heterocycles. The molecule has 6 N–H and O–H groups in total. The van der Waals surface area contributed by atoms with Gasteiger partial charge in [-0.1, -0.05) is 56.8 Å². The largest absolute Gasteiger partial charge is 0.454 e. The van der Waals surface area contributed by atoms with Crippen molar-refractivity contribution in [3.63, 3.8) is 0 Å². The molecule has 2 aromatic carbocycles. The third kappa shape index (κ3) is 10.3. The van der Waals surface area contributed by atoms with Crippen molar-refractivity contribution in [3.05, 3.63) is 93.7 Å². The van der Waals surface area contributed by atoms with Gasteiger partial charge in [0.1, 0.15) is 0 Å². The Hall–Kier alpha value is -4.01. The number of carbonyl (C=O) groups is 1. The first kappa shape index (κ1) is 37.0. The number of benzene rings is 2. The highest BCUT2D eigenvalue weighted by Crippen LogP contribution is 2.41. The van der Waals surface area contributed by atoms with E-state index in [-0.39, 0.29) is 11.5 Å². The van der Waals surface area contributed by atoms with Gasteiger partial charge in [0.05, 0.1) is 0 Å². The first-order valence-corrected chi connectivity index (χ1v) is 14.6. The molecule has 0 amide bonds. The number of fused-ring (bicyclic) bond motifs is 3. The van der Waals surface area contributed by atoms with E-state index in [1.165, 1.54) is 24.1 Å². The highest BCUT2D eigenvalue weighted by Gasteiger charge is 2.27. The molecular weight excluding hydrogens is 562 g/mol. The minimum atomic E-state index is -0.137. The molecule has 0 unspecified atom stereocenters. The fraction of sp³-hybridized carbons (Fsp3) is 0.353. The summed E-state index contributed by atoms with van der Waals surface area (Å²) in [5.74, 6) is 1.66. The monoisotopic (exact) mass is 609 g/mol. The Bertz CT molecular complexity index is 1380. The third-order valence-electron chi connectivity index (χ3n) is 6.59. The van der Waals surface area contributed by atoms with Crippen molar-refractivity contribution in [2.75, 3.05) is 19.6 Å². The number of hydrogen-bond donors (Lipinski definition) is 4. The molecule has 9 heteroatoms. The number of nitrogens with zero attached hydrogens (tertiary/aromatic N) is 1. The van der Waals surface area contributed by atoms with Crippen LogP contribution in [0.25, 0.3) is 5.70 Å². The van der Waals surface area contributed by atoms with Gasteiger partial charge in [0, 0.05) is 71.2 Å². The average Bonchev–Trinajstić information content (AvgIpc) is 3.65. The number of rotatable bonds is 7. The number of ether oxygens (including phenoxy) is 2. The van der Waals surface area contributed by atoms with Crippen LogP contribution < -0.4 is 26.3 Å². The summed E-state index contributed by atoms with van der Waals surface area (Å²) >= 11 is 5.68. The van der Waals surface area contributed by atoms with Crippen molar-refractivity contribution in [3.8, 4) is 11.5 Å². The zero-order chi connectivity index (χ0) is 32.9. The second kappa shape index (κ2) is 17.8. The van der Waals surface area contributed by atoms with Gasteiger partial charge in [0.15, 0.2) is 17.3 Å². The molecular formula is C34H48ClN5O3. The molecule has 0 saturated heterocycles. The lowest BCUT2D eigenvalue weighted by Crippen LogP contribution is -2.12. The van der Waals surface area contributed by atoms with E-state index < -0.39 is 0 Å². The van der Waals surface area contributed by atoms with E-state index in [0.29, 0.717) is 23.9 Å². The molecule has 2 aliphatic rings. The van der Waals surface area contributed by atoms with Crippen molar-refractivity contribution in [1.82, 2.24) is 10.2 Å². The van der Waals surface area contributed by atoms with Crippen LogP contribution in [-0.4, -0.2) is 30.2 Å². The van der Waals surface area contributed by atoms with Gasteiger partial charge in [0.25, 0.3) is 0 Å². The Morgan fingerprint density at radius 3 is 2.33 bits per heavy atom. The SMILES string of the molecule is C/C=C(Cl)\C=C(/C(C)=N)C(C)=O.C=C(C)N1Cc2ccc3c(c2C1)OCO3.C=C(NC)c1cc(C)cc(CN)c1N.CC. The zero-order valence-corrected chi connectivity index (χ0v) is 27.7.